The molecule has 0 atom stereocenters. The van der Waals surface area contributed by atoms with E-state index in [1.54, 1.807) is 49.6 Å². The van der Waals surface area contributed by atoms with E-state index in [2.05, 4.69) is 15.1 Å². The van der Waals surface area contributed by atoms with Crippen LogP contribution in [0.15, 0.2) is 54.6 Å². The highest BCUT2D eigenvalue weighted by Crippen LogP contribution is 2.35. The molecule has 0 amide bonds. The van der Waals surface area contributed by atoms with E-state index in [0.717, 1.165) is 10.6 Å². The van der Waals surface area contributed by atoms with Gasteiger partial charge in [-0.15, -0.1) is 11.3 Å². The molecule has 170 valence electrons. The smallest absolute Gasteiger partial charge is 0.195 e. The molecule has 0 unspecified atom stereocenters. The molecule has 0 radical (unpaired) electrons. The van der Waals surface area contributed by atoms with Gasteiger partial charge in [0, 0.05) is 40.9 Å². The van der Waals surface area contributed by atoms with E-state index in [-0.39, 0.29) is 19.2 Å². The number of carbonyl (C=O) groups excluding carboxylic acids is 1. The third-order valence-corrected chi connectivity index (χ3v) is 5.69. The second-order valence-corrected chi connectivity index (χ2v) is 7.76. The summed E-state index contributed by atoms with van der Waals surface area (Å²) >= 11 is 1.52. The van der Waals surface area contributed by atoms with Crippen LogP contribution in [0.5, 0.6) is 11.5 Å². The number of thiazole rings is 1. The van der Waals surface area contributed by atoms with Crippen molar-refractivity contribution < 1.29 is 23.7 Å². The van der Waals surface area contributed by atoms with Gasteiger partial charge in [0.05, 0.1) is 26.5 Å². The number of carbonyl (C=O) groups is 1. The minimum absolute atomic E-state index is 0.109. The first-order chi connectivity index (χ1) is 16.2. The number of rotatable bonds is 10. The standard InChI is InChI=1S/C23H22N4O5S/c1-29-14-32-11-17-8-16(10-20(30-2)22(17)31-3)21(28)18-5-4-15(23-25-6-7-33-23)9-19(18)27-13-24-12-26-27/h4-10,12-13H,11,14H2,1-3H3. The van der Waals surface area contributed by atoms with Gasteiger partial charge >= 0.3 is 0 Å². The molecular weight excluding hydrogens is 444 g/mol. The molecule has 0 saturated heterocycles. The van der Waals surface area contributed by atoms with Crippen LogP contribution < -0.4 is 9.47 Å². The first-order valence-electron chi connectivity index (χ1n) is 9.91. The molecule has 0 saturated carbocycles. The van der Waals surface area contributed by atoms with Crippen molar-refractivity contribution in [3.8, 4) is 27.8 Å². The Morgan fingerprint density at radius 2 is 2.00 bits per heavy atom. The summed E-state index contributed by atoms with van der Waals surface area (Å²) in [6, 6.07) is 8.91. The van der Waals surface area contributed by atoms with Crippen LogP contribution in [0.3, 0.4) is 0 Å². The molecule has 0 aliphatic heterocycles. The van der Waals surface area contributed by atoms with E-state index >= 15 is 0 Å². The van der Waals surface area contributed by atoms with Crippen LogP contribution in [0, 0.1) is 0 Å². The Morgan fingerprint density at radius 3 is 2.67 bits per heavy atom. The van der Waals surface area contributed by atoms with Gasteiger partial charge < -0.3 is 18.9 Å². The van der Waals surface area contributed by atoms with Gasteiger partial charge in [0.25, 0.3) is 0 Å². The average Bonchev–Trinajstić information content (AvgIpc) is 3.57. The summed E-state index contributed by atoms with van der Waals surface area (Å²) in [6.45, 7) is 0.297. The molecule has 10 heteroatoms. The second-order valence-electron chi connectivity index (χ2n) is 6.86. The molecule has 33 heavy (non-hydrogen) atoms. The summed E-state index contributed by atoms with van der Waals surface area (Å²) < 4.78 is 23.0. The largest absolute Gasteiger partial charge is 0.493 e. The lowest BCUT2D eigenvalue weighted by Gasteiger charge is -2.16. The summed E-state index contributed by atoms with van der Waals surface area (Å²) in [6.07, 6.45) is 4.72. The van der Waals surface area contributed by atoms with Crippen molar-refractivity contribution >= 4 is 17.1 Å². The highest BCUT2D eigenvalue weighted by Gasteiger charge is 2.21. The molecule has 0 spiro atoms. The Kier molecular flexibility index (Phi) is 7.08. The van der Waals surface area contributed by atoms with Crippen molar-refractivity contribution in [1.82, 2.24) is 19.7 Å². The minimum atomic E-state index is -0.208. The van der Waals surface area contributed by atoms with E-state index in [1.807, 2.05) is 17.5 Å². The van der Waals surface area contributed by atoms with Crippen LogP contribution in [-0.4, -0.2) is 53.7 Å². The number of hydrogen-bond acceptors (Lipinski definition) is 9. The molecule has 0 N–H and O–H groups in total. The number of nitrogens with zero attached hydrogens (tertiary/aromatic N) is 4. The van der Waals surface area contributed by atoms with Crippen molar-refractivity contribution in [3.05, 3.63) is 71.3 Å². The maximum absolute atomic E-state index is 13.7. The van der Waals surface area contributed by atoms with Crippen LogP contribution in [0.4, 0.5) is 0 Å². The average molecular weight is 467 g/mol. The van der Waals surface area contributed by atoms with Crippen LogP contribution in [0.25, 0.3) is 16.3 Å². The first kappa shape index (κ1) is 22.6. The minimum Gasteiger partial charge on any atom is -0.493 e. The highest BCUT2D eigenvalue weighted by atomic mass is 32.1. The van der Waals surface area contributed by atoms with E-state index in [4.69, 9.17) is 18.9 Å². The number of hydrogen-bond donors (Lipinski definition) is 0. The quantitative estimate of drug-likeness (QED) is 0.198. The molecule has 0 aliphatic rings. The third kappa shape index (κ3) is 4.77. The summed E-state index contributed by atoms with van der Waals surface area (Å²) in [5, 5.41) is 6.98. The fourth-order valence-electron chi connectivity index (χ4n) is 3.42. The maximum atomic E-state index is 13.7. The van der Waals surface area contributed by atoms with Crippen LogP contribution in [0.2, 0.25) is 0 Å². The van der Waals surface area contributed by atoms with Crippen LogP contribution in [-0.2, 0) is 16.1 Å². The topological polar surface area (TPSA) is 97.6 Å². The van der Waals surface area contributed by atoms with Gasteiger partial charge in [0.2, 0.25) is 0 Å². The van der Waals surface area contributed by atoms with E-state index in [0.29, 0.717) is 33.9 Å². The van der Waals surface area contributed by atoms with Gasteiger partial charge in [0.1, 0.15) is 24.5 Å². The molecule has 2 aromatic carbocycles. The monoisotopic (exact) mass is 466 g/mol. The molecule has 2 aromatic heterocycles. The second kappa shape index (κ2) is 10.3. The molecule has 9 nitrogen and oxygen atoms in total. The van der Waals surface area contributed by atoms with Gasteiger partial charge in [-0.25, -0.2) is 14.6 Å². The molecule has 2 heterocycles. The zero-order valence-electron chi connectivity index (χ0n) is 18.3. The number of aromatic nitrogens is 4. The number of ketones is 1. The lowest BCUT2D eigenvalue weighted by atomic mass is 9.97. The normalized spacial score (nSPS) is 10.9. The van der Waals surface area contributed by atoms with Gasteiger partial charge in [0.15, 0.2) is 17.3 Å². The number of benzene rings is 2. The number of ether oxygens (including phenoxy) is 4. The van der Waals surface area contributed by atoms with Crippen molar-refractivity contribution in [2.75, 3.05) is 28.1 Å². The molecule has 0 fully saturated rings. The molecule has 4 aromatic rings. The Labute approximate surface area is 194 Å². The van der Waals surface area contributed by atoms with Gasteiger partial charge in [-0.05, 0) is 24.3 Å². The lowest BCUT2D eigenvalue weighted by Crippen LogP contribution is -2.10. The van der Waals surface area contributed by atoms with Gasteiger partial charge in [-0.1, -0.05) is 6.07 Å². The van der Waals surface area contributed by atoms with Crippen molar-refractivity contribution in [3.63, 3.8) is 0 Å². The predicted octanol–water partition coefficient (Wildman–Crippen LogP) is 3.76. The molecular formula is C23H22N4O5S. The zero-order valence-corrected chi connectivity index (χ0v) is 19.2. The predicted molar refractivity (Wildman–Crippen MR) is 122 cm³/mol. The van der Waals surface area contributed by atoms with Crippen molar-refractivity contribution in [1.29, 1.82) is 0 Å². The highest BCUT2D eigenvalue weighted by molar-refractivity contribution is 7.13. The lowest BCUT2D eigenvalue weighted by molar-refractivity contribution is -0.0395. The van der Waals surface area contributed by atoms with E-state index in [1.165, 1.54) is 24.8 Å². The molecule has 0 aliphatic carbocycles. The van der Waals surface area contributed by atoms with E-state index < -0.39 is 0 Å². The van der Waals surface area contributed by atoms with Crippen molar-refractivity contribution in [2.24, 2.45) is 0 Å². The summed E-state index contributed by atoms with van der Waals surface area (Å²) in [5.74, 6) is 0.724. The molecule has 0 bridgehead atoms. The third-order valence-electron chi connectivity index (χ3n) is 4.86. The van der Waals surface area contributed by atoms with Gasteiger partial charge in [-0.2, -0.15) is 5.10 Å². The first-order valence-corrected chi connectivity index (χ1v) is 10.8. The zero-order chi connectivity index (χ0) is 23.2. The maximum Gasteiger partial charge on any atom is 0.195 e. The SMILES string of the molecule is COCOCc1cc(C(=O)c2ccc(-c3nccs3)cc2-n2cncn2)cc(OC)c1OC. The summed E-state index contributed by atoms with van der Waals surface area (Å²) in [4.78, 5) is 22.1. The Morgan fingerprint density at radius 1 is 1.12 bits per heavy atom. The van der Waals surface area contributed by atoms with E-state index in [9.17, 15) is 4.79 Å². The molecule has 4 rings (SSSR count). The fourth-order valence-corrected chi connectivity index (χ4v) is 4.05. The van der Waals surface area contributed by atoms with Crippen LogP contribution >= 0.6 is 11.3 Å². The fraction of sp³-hybridized carbons (Fsp3) is 0.217. The summed E-state index contributed by atoms with van der Waals surface area (Å²) in [7, 11) is 4.60. The van der Waals surface area contributed by atoms with Gasteiger partial charge in [-0.3, -0.25) is 4.79 Å². The number of methoxy groups -OCH3 is 3. The van der Waals surface area contributed by atoms with Crippen molar-refractivity contribution in [2.45, 2.75) is 6.61 Å². The Hall–Kier alpha value is -3.60. The summed E-state index contributed by atoms with van der Waals surface area (Å²) in [5.41, 5.74) is 3.02. The Balaban J connectivity index is 1.79. The Bertz CT molecular complexity index is 1230. The van der Waals surface area contributed by atoms with Crippen LogP contribution in [0.1, 0.15) is 21.5 Å².